The number of H-pyrrole nitrogens is 1. The molecule has 3 aromatic rings. The summed E-state index contributed by atoms with van der Waals surface area (Å²) in [5, 5.41) is 5.04. The highest BCUT2D eigenvalue weighted by molar-refractivity contribution is 5.79. The number of rotatable bonds is 1. The van der Waals surface area contributed by atoms with Gasteiger partial charge in [0.15, 0.2) is 0 Å². The first kappa shape index (κ1) is 9.15. The Hall–Kier alpha value is -2.10. The van der Waals surface area contributed by atoms with Gasteiger partial charge in [-0.05, 0) is 32.0 Å². The monoisotopic (exact) mass is 213 g/mol. The van der Waals surface area contributed by atoms with Crippen molar-refractivity contribution >= 4 is 11.0 Å². The maximum absolute atomic E-state index is 5.14. The second kappa shape index (κ2) is 3.20. The lowest BCUT2D eigenvalue weighted by atomic mass is 10.1. The fraction of sp³-hybridized carbons (Fsp3) is 0.167. The van der Waals surface area contributed by atoms with Crippen molar-refractivity contribution in [3.05, 3.63) is 35.9 Å². The molecule has 0 aromatic carbocycles. The molecule has 3 rings (SSSR count). The van der Waals surface area contributed by atoms with Gasteiger partial charge in [0.2, 0.25) is 0 Å². The van der Waals surface area contributed by atoms with Gasteiger partial charge in [-0.1, -0.05) is 5.16 Å². The van der Waals surface area contributed by atoms with Gasteiger partial charge in [0, 0.05) is 11.6 Å². The third-order valence-electron chi connectivity index (χ3n) is 2.70. The lowest BCUT2D eigenvalue weighted by Crippen LogP contribution is -1.86. The lowest BCUT2D eigenvalue weighted by Gasteiger charge is -1.99. The molecule has 0 unspecified atom stereocenters. The molecular formula is C12H11N3O. The van der Waals surface area contributed by atoms with Gasteiger partial charge in [-0.3, -0.25) is 0 Å². The first-order valence-electron chi connectivity index (χ1n) is 5.13. The van der Waals surface area contributed by atoms with E-state index in [0.29, 0.717) is 0 Å². The van der Waals surface area contributed by atoms with Crippen LogP contribution in [0.15, 0.2) is 28.9 Å². The van der Waals surface area contributed by atoms with Crippen LogP contribution in [-0.4, -0.2) is 15.1 Å². The van der Waals surface area contributed by atoms with Crippen LogP contribution < -0.4 is 0 Å². The zero-order valence-electron chi connectivity index (χ0n) is 9.11. The molecule has 0 aliphatic carbocycles. The van der Waals surface area contributed by atoms with Gasteiger partial charge < -0.3 is 9.51 Å². The Morgan fingerprint density at radius 1 is 1.19 bits per heavy atom. The average Bonchev–Trinajstić information content (AvgIpc) is 2.85. The van der Waals surface area contributed by atoms with Crippen molar-refractivity contribution in [1.29, 1.82) is 0 Å². The highest BCUT2D eigenvalue weighted by Gasteiger charge is 2.12. The van der Waals surface area contributed by atoms with Gasteiger partial charge >= 0.3 is 0 Å². The Balaban J connectivity index is 2.25. The van der Waals surface area contributed by atoms with Crippen LogP contribution in [0.1, 0.15) is 11.5 Å². The van der Waals surface area contributed by atoms with E-state index < -0.39 is 0 Å². The van der Waals surface area contributed by atoms with E-state index in [1.54, 1.807) is 0 Å². The van der Waals surface area contributed by atoms with Crippen LogP contribution >= 0.6 is 0 Å². The molecule has 0 aliphatic heterocycles. The summed E-state index contributed by atoms with van der Waals surface area (Å²) < 4.78 is 5.14. The van der Waals surface area contributed by atoms with E-state index in [4.69, 9.17) is 4.52 Å². The molecule has 0 bridgehead atoms. The predicted molar refractivity (Wildman–Crippen MR) is 61.1 cm³/mol. The van der Waals surface area contributed by atoms with Gasteiger partial charge in [0.1, 0.15) is 11.4 Å². The minimum absolute atomic E-state index is 0.802. The van der Waals surface area contributed by atoms with E-state index in [0.717, 1.165) is 33.7 Å². The second-order valence-corrected chi connectivity index (χ2v) is 3.81. The van der Waals surface area contributed by atoms with E-state index in [-0.39, 0.29) is 0 Å². The van der Waals surface area contributed by atoms with E-state index in [1.165, 1.54) is 0 Å². The van der Waals surface area contributed by atoms with Crippen molar-refractivity contribution in [1.82, 2.24) is 15.1 Å². The Morgan fingerprint density at radius 3 is 2.81 bits per heavy atom. The summed E-state index contributed by atoms with van der Waals surface area (Å²) in [6, 6.07) is 6.03. The van der Waals surface area contributed by atoms with E-state index in [1.807, 2.05) is 38.2 Å². The summed E-state index contributed by atoms with van der Waals surface area (Å²) in [6.45, 7) is 3.82. The van der Waals surface area contributed by atoms with Crippen molar-refractivity contribution < 1.29 is 4.52 Å². The molecule has 3 heterocycles. The summed E-state index contributed by atoms with van der Waals surface area (Å²) in [6.07, 6.45) is 1.88. The van der Waals surface area contributed by atoms with Gasteiger partial charge in [-0.2, -0.15) is 0 Å². The highest BCUT2D eigenvalue weighted by Crippen LogP contribution is 2.26. The number of pyridine rings is 1. The molecule has 0 radical (unpaired) electrons. The average molecular weight is 213 g/mol. The number of hydrogen-bond acceptors (Lipinski definition) is 3. The van der Waals surface area contributed by atoms with Crippen LogP contribution in [0, 0.1) is 13.8 Å². The number of aryl methyl sites for hydroxylation is 2. The fourth-order valence-electron chi connectivity index (χ4n) is 1.92. The van der Waals surface area contributed by atoms with Gasteiger partial charge in [-0.25, -0.2) is 4.98 Å². The first-order chi connectivity index (χ1) is 7.75. The van der Waals surface area contributed by atoms with Crippen molar-refractivity contribution in [3.63, 3.8) is 0 Å². The van der Waals surface area contributed by atoms with Gasteiger partial charge in [0.25, 0.3) is 0 Å². The number of nitrogens with one attached hydrogen (secondary N) is 1. The van der Waals surface area contributed by atoms with E-state index in [9.17, 15) is 0 Å². The van der Waals surface area contributed by atoms with E-state index in [2.05, 4.69) is 15.1 Å². The molecule has 4 heteroatoms. The maximum Gasteiger partial charge on any atom is 0.143 e. The van der Waals surface area contributed by atoms with Crippen molar-refractivity contribution in [2.24, 2.45) is 0 Å². The Bertz CT molecular complexity index is 632. The summed E-state index contributed by atoms with van der Waals surface area (Å²) in [5.41, 5.74) is 3.64. The predicted octanol–water partition coefficient (Wildman–Crippen LogP) is 2.83. The molecule has 0 saturated carbocycles. The quantitative estimate of drug-likeness (QED) is 0.676. The van der Waals surface area contributed by atoms with Crippen LogP contribution in [0.3, 0.4) is 0 Å². The first-order valence-corrected chi connectivity index (χ1v) is 5.13. The summed E-state index contributed by atoms with van der Waals surface area (Å²) >= 11 is 0. The summed E-state index contributed by atoms with van der Waals surface area (Å²) in [7, 11) is 0. The number of aromatic amines is 1. The SMILES string of the molecule is Cc1noc(C)c1-c1ccc2cc[nH]c2n1. The third kappa shape index (κ3) is 1.23. The molecule has 1 N–H and O–H groups in total. The van der Waals surface area contributed by atoms with Crippen LogP contribution in [-0.2, 0) is 0 Å². The largest absolute Gasteiger partial charge is 0.361 e. The Kier molecular flexibility index (Phi) is 1.83. The topological polar surface area (TPSA) is 54.7 Å². The smallest absolute Gasteiger partial charge is 0.143 e. The maximum atomic E-state index is 5.14. The standard InChI is InChI=1S/C12H11N3O/c1-7-11(8(2)16-15-7)10-4-3-9-5-6-13-12(9)14-10/h3-6H,1-2H3,(H,13,14). The zero-order valence-corrected chi connectivity index (χ0v) is 9.11. The third-order valence-corrected chi connectivity index (χ3v) is 2.70. The Labute approximate surface area is 92.3 Å². The zero-order chi connectivity index (χ0) is 11.1. The van der Waals surface area contributed by atoms with Crippen molar-refractivity contribution in [2.75, 3.05) is 0 Å². The molecule has 80 valence electrons. The second-order valence-electron chi connectivity index (χ2n) is 3.81. The molecule has 0 fully saturated rings. The van der Waals surface area contributed by atoms with Crippen molar-refractivity contribution in [2.45, 2.75) is 13.8 Å². The Morgan fingerprint density at radius 2 is 2.06 bits per heavy atom. The minimum Gasteiger partial charge on any atom is -0.361 e. The highest BCUT2D eigenvalue weighted by atomic mass is 16.5. The summed E-state index contributed by atoms with van der Waals surface area (Å²) in [5.74, 6) is 0.802. The number of fused-ring (bicyclic) bond motifs is 1. The number of aromatic nitrogens is 3. The molecule has 0 amide bonds. The lowest BCUT2D eigenvalue weighted by molar-refractivity contribution is 0.393. The van der Waals surface area contributed by atoms with Gasteiger partial charge in [0.05, 0.1) is 17.0 Å². The molecule has 16 heavy (non-hydrogen) atoms. The summed E-state index contributed by atoms with van der Waals surface area (Å²) in [4.78, 5) is 7.64. The molecule has 0 aliphatic rings. The van der Waals surface area contributed by atoms with Crippen LogP contribution in [0.5, 0.6) is 0 Å². The van der Waals surface area contributed by atoms with E-state index >= 15 is 0 Å². The molecular weight excluding hydrogens is 202 g/mol. The molecule has 4 nitrogen and oxygen atoms in total. The minimum atomic E-state index is 0.802. The van der Waals surface area contributed by atoms with Crippen LogP contribution in [0.4, 0.5) is 0 Å². The molecule has 0 saturated heterocycles. The van der Waals surface area contributed by atoms with Gasteiger partial charge in [-0.15, -0.1) is 0 Å². The molecule has 0 spiro atoms. The molecule has 0 atom stereocenters. The number of nitrogens with zero attached hydrogens (tertiary/aromatic N) is 2. The normalized spacial score (nSPS) is 11.1. The van der Waals surface area contributed by atoms with Crippen LogP contribution in [0.25, 0.3) is 22.3 Å². The fourth-order valence-corrected chi connectivity index (χ4v) is 1.92. The molecule has 3 aromatic heterocycles. The van der Waals surface area contributed by atoms with Crippen molar-refractivity contribution in [3.8, 4) is 11.3 Å². The number of hydrogen-bond donors (Lipinski definition) is 1. The van der Waals surface area contributed by atoms with Crippen LogP contribution in [0.2, 0.25) is 0 Å².